The third-order valence-corrected chi connectivity index (χ3v) is 5.22. The summed E-state index contributed by atoms with van der Waals surface area (Å²) in [5.74, 6) is -0.232. The van der Waals surface area contributed by atoms with Crippen LogP contribution in [-0.4, -0.2) is 51.8 Å². The van der Waals surface area contributed by atoms with Crippen molar-refractivity contribution >= 4 is 22.4 Å². The second kappa shape index (κ2) is 7.03. The van der Waals surface area contributed by atoms with E-state index in [-0.39, 0.29) is 12.5 Å². The number of alkyl halides is 3. The second-order valence-electron chi connectivity index (χ2n) is 5.73. The van der Waals surface area contributed by atoms with Crippen LogP contribution in [0.25, 0.3) is 0 Å². The second-order valence-corrected chi connectivity index (χ2v) is 6.82. The maximum atomic E-state index is 12.5. The van der Waals surface area contributed by atoms with E-state index >= 15 is 0 Å². The Balaban J connectivity index is 1.54. The highest BCUT2D eigenvalue weighted by Crippen LogP contribution is 2.27. The van der Waals surface area contributed by atoms with E-state index < -0.39 is 11.9 Å². The van der Waals surface area contributed by atoms with Crippen LogP contribution in [0.15, 0.2) is 18.5 Å². The molecule has 0 aliphatic carbocycles. The Morgan fingerprint density at radius 3 is 2.56 bits per heavy atom. The van der Waals surface area contributed by atoms with E-state index in [1.54, 1.807) is 16.2 Å². The molecule has 0 unspecified atom stereocenters. The van der Waals surface area contributed by atoms with E-state index in [4.69, 9.17) is 0 Å². The minimum Gasteiger partial charge on any atom is -0.345 e. The number of piperazine rings is 1. The molecule has 1 saturated heterocycles. The summed E-state index contributed by atoms with van der Waals surface area (Å²) < 4.78 is 38.7. The van der Waals surface area contributed by atoms with Crippen molar-refractivity contribution in [1.29, 1.82) is 0 Å². The van der Waals surface area contributed by atoms with Gasteiger partial charge in [-0.05, 0) is 12.5 Å². The van der Waals surface area contributed by atoms with Gasteiger partial charge in [0.2, 0.25) is 5.91 Å². The number of thiazole rings is 1. The third-order valence-electron chi connectivity index (χ3n) is 4.02. The molecule has 0 radical (unpaired) electrons. The fourth-order valence-corrected chi connectivity index (χ4v) is 3.49. The van der Waals surface area contributed by atoms with Crippen molar-refractivity contribution in [2.45, 2.75) is 26.1 Å². The van der Waals surface area contributed by atoms with Crippen molar-refractivity contribution < 1.29 is 18.0 Å². The van der Waals surface area contributed by atoms with Crippen molar-refractivity contribution in [3.63, 3.8) is 0 Å². The lowest BCUT2D eigenvalue weighted by Gasteiger charge is -2.34. The lowest BCUT2D eigenvalue weighted by molar-refractivity contribution is -0.142. The first-order valence-corrected chi connectivity index (χ1v) is 8.76. The zero-order valence-corrected chi connectivity index (χ0v) is 14.5. The molecule has 0 atom stereocenters. The van der Waals surface area contributed by atoms with Gasteiger partial charge < -0.3 is 9.80 Å². The summed E-state index contributed by atoms with van der Waals surface area (Å²) in [5, 5.41) is 4.37. The van der Waals surface area contributed by atoms with Crippen LogP contribution in [0.4, 0.5) is 18.3 Å². The van der Waals surface area contributed by atoms with Crippen molar-refractivity contribution in [2.24, 2.45) is 0 Å². The molecular formula is C15H18F3N5OS. The van der Waals surface area contributed by atoms with Gasteiger partial charge in [-0.25, -0.2) is 4.98 Å². The van der Waals surface area contributed by atoms with Crippen molar-refractivity contribution in [2.75, 3.05) is 31.1 Å². The molecule has 2 aromatic rings. The number of aryl methyl sites for hydroxylation is 1. The fourth-order valence-electron chi connectivity index (χ4n) is 2.59. The van der Waals surface area contributed by atoms with Gasteiger partial charge in [0.05, 0.1) is 0 Å². The summed E-state index contributed by atoms with van der Waals surface area (Å²) >= 11 is 1.65. The van der Waals surface area contributed by atoms with Gasteiger partial charge in [0.25, 0.3) is 0 Å². The Hall–Kier alpha value is -2.10. The topological polar surface area (TPSA) is 54.3 Å². The molecule has 2 aromatic heterocycles. The van der Waals surface area contributed by atoms with Crippen molar-refractivity contribution in [3.05, 3.63) is 29.0 Å². The van der Waals surface area contributed by atoms with Crippen LogP contribution in [0.5, 0.6) is 0 Å². The van der Waals surface area contributed by atoms with E-state index in [1.165, 1.54) is 11.1 Å². The number of amides is 1. The van der Waals surface area contributed by atoms with Crippen LogP contribution < -0.4 is 4.90 Å². The number of carbonyl (C=O) groups excluding carboxylic acids is 1. The zero-order valence-electron chi connectivity index (χ0n) is 13.7. The van der Waals surface area contributed by atoms with E-state index in [2.05, 4.69) is 21.9 Å². The third kappa shape index (κ3) is 4.12. The molecule has 10 heteroatoms. The Morgan fingerprint density at radius 1 is 1.28 bits per heavy atom. The molecule has 1 fully saturated rings. The van der Waals surface area contributed by atoms with Gasteiger partial charge >= 0.3 is 6.18 Å². The van der Waals surface area contributed by atoms with E-state index in [0.717, 1.165) is 22.3 Å². The largest absolute Gasteiger partial charge is 0.435 e. The number of hydrogen-bond acceptors (Lipinski definition) is 5. The van der Waals surface area contributed by atoms with Gasteiger partial charge in [0, 0.05) is 43.4 Å². The quantitative estimate of drug-likeness (QED) is 0.825. The number of hydrogen-bond donors (Lipinski definition) is 0. The average molecular weight is 373 g/mol. The minimum absolute atomic E-state index is 0.187. The number of halogens is 3. The van der Waals surface area contributed by atoms with Gasteiger partial charge in [0.1, 0.15) is 6.54 Å². The SMILES string of the molecule is CCc1cnc(N2CCN(C(=O)Cn3ccc(C(F)(F)F)n3)CC2)s1. The monoisotopic (exact) mass is 373 g/mol. The number of carbonyl (C=O) groups is 1. The maximum Gasteiger partial charge on any atom is 0.435 e. The predicted molar refractivity (Wildman–Crippen MR) is 87.5 cm³/mol. The summed E-state index contributed by atoms with van der Waals surface area (Å²) in [6.07, 6.45) is -0.503. The first-order valence-electron chi connectivity index (χ1n) is 7.95. The average Bonchev–Trinajstić information content (AvgIpc) is 3.23. The molecule has 136 valence electrons. The van der Waals surface area contributed by atoms with Crippen LogP contribution >= 0.6 is 11.3 Å². The molecule has 6 nitrogen and oxygen atoms in total. The lowest BCUT2D eigenvalue weighted by atomic mass is 10.3. The molecule has 3 rings (SSSR count). The molecule has 1 amide bonds. The van der Waals surface area contributed by atoms with E-state index in [0.29, 0.717) is 26.2 Å². The fraction of sp³-hybridized carbons (Fsp3) is 0.533. The molecule has 0 spiro atoms. The standard InChI is InChI=1S/C15H18F3N5OS/c1-2-11-9-19-14(25-11)22-7-5-21(6-8-22)13(24)10-23-4-3-12(20-23)15(16,17)18/h3-4,9H,2,5-8,10H2,1H3. The molecule has 0 aromatic carbocycles. The van der Waals surface area contributed by atoms with E-state index in [1.807, 2.05) is 6.20 Å². The highest BCUT2D eigenvalue weighted by atomic mass is 32.1. The summed E-state index contributed by atoms with van der Waals surface area (Å²) in [6, 6.07) is 0.874. The van der Waals surface area contributed by atoms with Gasteiger partial charge in [-0.15, -0.1) is 11.3 Å². The Labute approximate surface area is 146 Å². The molecule has 3 heterocycles. The molecule has 0 saturated carbocycles. The summed E-state index contributed by atoms with van der Waals surface area (Å²) in [4.78, 5) is 21.7. The predicted octanol–water partition coefficient (Wildman–Crippen LogP) is 2.27. The van der Waals surface area contributed by atoms with Gasteiger partial charge in [0.15, 0.2) is 10.8 Å². The molecule has 25 heavy (non-hydrogen) atoms. The molecular weight excluding hydrogens is 355 g/mol. The number of nitrogens with zero attached hydrogens (tertiary/aromatic N) is 5. The summed E-state index contributed by atoms with van der Waals surface area (Å²) in [5.41, 5.74) is -0.986. The van der Waals surface area contributed by atoms with Crippen molar-refractivity contribution in [3.8, 4) is 0 Å². The first-order chi connectivity index (χ1) is 11.9. The van der Waals surface area contributed by atoms with Crippen LogP contribution in [0.3, 0.4) is 0 Å². The molecule has 0 bridgehead atoms. The van der Waals surface area contributed by atoms with Gasteiger partial charge in [-0.2, -0.15) is 18.3 Å². The minimum atomic E-state index is -4.50. The number of anilines is 1. The van der Waals surface area contributed by atoms with Gasteiger partial charge in [-0.3, -0.25) is 9.48 Å². The van der Waals surface area contributed by atoms with Crippen LogP contribution in [-0.2, 0) is 23.9 Å². The highest BCUT2D eigenvalue weighted by Gasteiger charge is 2.33. The first kappa shape index (κ1) is 17.7. The van der Waals surface area contributed by atoms with Crippen molar-refractivity contribution in [1.82, 2.24) is 19.7 Å². The highest BCUT2D eigenvalue weighted by molar-refractivity contribution is 7.15. The number of aromatic nitrogens is 3. The Morgan fingerprint density at radius 2 is 2.00 bits per heavy atom. The van der Waals surface area contributed by atoms with E-state index in [9.17, 15) is 18.0 Å². The lowest BCUT2D eigenvalue weighted by Crippen LogP contribution is -2.49. The number of rotatable bonds is 4. The summed E-state index contributed by atoms with van der Waals surface area (Å²) in [6.45, 7) is 4.26. The maximum absolute atomic E-state index is 12.5. The Kier molecular flexibility index (Phi) is 4.98. The van der Waals surface area contributed by atoms with Gasteiger partial charge in [-0.1, -0.05) is 6.92 Å². The summed E-state index contributed by atoms with van der Waals surface area (Å²) in [7, 11) is 0. The molecule has 1 aliphatic heterocycles. The zero-order chi connectivity index (χ0) is 18.0. The Bertz CT molecular complexity index is 734. The van der Waals surface area contributed by atoms with Crippen LogP contribution in [0.1, 0.15) is 17.5 Å². The molecule has 1 aliphatic rings. The van der Waals surface area contributed by atoms with Crippen LogP contribution in [0, 0.1) is 0 Å². The normalized spacial score (nSPS) is 15.7. The van der Waals surface area contributed by atoms with Crippen LogP contribution in [0.2, 0.25) is 0 Å². The molecule has 0 N–H and O–H groups in total. The smallest absolute Gasteiger partial charge is 0.345 e.